The number of rotatable bonds is 6. The van der Waals surface area contributed by atoms with Crippen LogP contribution in [0.5, 0.6) is 0 Å². The molecule has 0 aliphatic heterocycles. The molecule has 4 heteroatoms. The van der Waals surface area contributed by atoms with Crippen molar-refractivity contribution in [1.82, 2.24) is 10.3 Å². The van der Waals surface area contributed by atoms with Crippen LogP contribution in [0.2, 0.25) is 0 Å². The molecule has 0 unspecified atom stereocenters. The van der Waals surface area contributed by atoms with Gasteiger partial charge in [-0.3, -0.25) is 9.78 Å². The van der Waals surface area contributed by atoms with Crippen molar-refractivity contribution in [2.75, 3.05) is 6.61 Å². The quantitative estimate of drug-likeness (QED) is 0.876. The van der Waals surface area contributed by atoms with Crippen LogP contribution in [-0.2, 0) is 16.0 Å². The van der Waals surface area contributed by atoms with Crippen LogP contribution in [0.25, 0.3) is 0 Å². The van der Waals surface area contributed by atoms with Gasteiger partial charge in [0.2, 0.25) is 5.91 Å². The van der Waals surface area contributed by atoms with E-state index in [1.165, 1.54) is 32.1 Å². The Labute approximate surface area is 139 Å². The van der Waals surface area contributed by atoms with Gasteiger partial charge in [-0.2, -0.15) is 0 Å². The van der Waals surface area contributed by atoms with Crippen LogP contribution >= 0.6 is 0 Å². The van der Waals surface area contributed by atoms with E-state index in [0.29, 0.717) is 25.0 Å². The van der Waals surface area contributed by atoms with Crippen molar-refractivity contribution < 1.29 is 9.53 Å². The fourth-order valence-electron chi connectivity index (χ4n) is 4.32. The summed E-state index contributed by atoms with van der Waals surface area (Å²) < 4.78 is 5.95. The monoisotopic (exact) mass is 316 g/mol. The van der Waals surface area contributed by atoms with Crippen LogP contribution in [-0.4, -0.2) is 29.6 Å². The van der Waals surface area contributed by atoms with E-state index in [9.17, 15) is 4.79 Å². The Kier molecular flexibility index (Phi) is 5.31. The summed E-state index contributed by atoms with van der Waals surface area (Å²) in [5.74, 6) is 0.153. The number of hydrogen-bond donors (Lipinski definition) is 1. The Morgan fingerprint density at radius 1 is 1.35 bits per heavy atom. The number of nitrogens with zero attached hydrogens (tertiary/aromatic N) is 1. The number of carbonyl (C=O) groups is 1. The molecule has 0 radical (unpaired) electrons. The van der Waals surface area contributed by atoms with E-state index >= 15 is 0 Å². The molecule has 2 aliphatic carbocycles. The maximum atomic E-state index is 12.3. The molecular formula is C19H28N2O2. The number of hydrogen-bond acceptors (Lipinski definition) is 3. The largest absolute Gasteiger partial charge is 0.378 e. The van der Waals surface area contributed by atoms with E-state index in [1.54, 1.807) is 6.20 Å². The molecule has 3 rings (SSSR count). The number of aromatic nitrogens is 1. The van der Waals surface area contributed by atoms with Gasteiger partial charge in [-0.15, -0.1) is 0 Å². The van der Waals surface area contributed by atoms with Gasteiger partial charge in [0.25, 0.3) is 0 Å². The average Bonchev–Trinajstić information content (AvgIpc) is 2.61. The number of aryl methyl sites for hydroxylation is 1. The maximum absolute atomic E-state index is 12.3. The van der Waals surface area contributed by atoms with E-state index in [4.69, 9.17) is 4.74 Å². The van der Waals surface area contributed by atoms with E-state index in [0.717, 1.165) is 18.7 Å². The third kappa shape index (κ3) is 3.57. The summed E-state index contributed by atoms with van der Waals surface area (Å²) in [6.07, 6.45) is 10.6. The van der Waals surface area contributed by atoms with Crippen LogP contribution in [0.1, 0.15) is 57.6 Å². The highest BCUT2D eigenvalue weighted by Gasteiger charge is 2.55. The first-order valence-corrected chi connectivity index (χ1v) is 9.05. The van der Waals surface area contributed by atoms with Crippen molar-refractivity contribution in [2.45, 2.75) is 70.4 Å². The normalized spacial score (nSPS) is 25.8. The van der Waals surface area contributed by atoms with Gasteiger partial charge in [-0.1, -0.05) is 25.3 Å². The Bertz CT molecular complexity index is 511. The third-order valence-corrected chi connectivity index (χ3v) is 5.61. The zero-order chi connectivity index (χ0) is 16.1. The molecule has 1 aromatic heterocycles. The van der Waals surface area contributed by atoms with E-state index in [2.05, 4.69) is 17.2 Å². The van der Waals surface area contributed by atoms with E-state index < -0.39 is 0 Å². The lowest BCUT2D eigenvalue weighted by Gasteiger charge is -2.57. The van der Waals surface area contributed by atoms with Crippen LogP contribution in [0.15, 0.2) is 24.4 Å². The van der Waals surface area contributed by atoms with Crippen molar-refractivity contribution >= 4 is 5.91 Å². The summed E-state index contributed by atoms with van der Waals surface area (Å²) in [7, 11) is 0. The fourth-order valence-corrected chi connectivity index (χ4v) is 4.32. The molecule has 126 valence electrons. The predicted octanol–water partition coefficient (Wildman–Crippen LogP) is 3.26. The molecule has 1 N–H and O–H groups in total. The molecule has 4 nitrogen and oxygen atoms in total. The molecule has 2 aliphatic rings. The SMILES string of the molecule is CCO[C@H]1C[C@H](NC(=O)CCc2ccccn2)C12CCCCC2. The molecule has 2 saturated carbocycles. The van der Waals surface area contributed by atoms with Crippen LogP contribution in [0.3, 0.4) is 0 Å². The zero-order valence-electron chi connectivity index (χ0n) is 14.1. The second-order valence-corrected chi connectivity index (χ2v) is 6.91. The van der Waals surface area contributed by atoms with Crippen molar-refractivity contribution in [1.29, 1.82) is 0 Å². The smallest absolute Gasteiger partial charge is 0.220 e. The second-order valence-electron chi connectivity index (χ2n) is 6.91. The van der Waals surface area contributed by atoms with Gasteiger partial charge in [0.1, 0.15) is 0 Å². The minimum atomic E-state index is 0.153. The molecule has 1 heterocycles. The highest BCUT2D eigenvalue weighted by Crippen LogP contribution is 2.53. The van der Waals surface area contributed by atoms with Crippen LogP contribution in [0, 0.1) is 5.41 Å². The summed E-state index contributed by atoms with van der Waals surface area (Å²) in [5, 5.41) is 3.29. The highest BCUT2D eigenvalue weighted by molar-refractivity contribution is 5.76. The summed E-state index contributed by atoms with van der Waals surface area (Å²) in [6.45, 7) is 2.84. The first-order valence-electron chi connectivity index (χ1n) is 9.05. The average molecular weight is 316 g/mol. The number of amides is 1. The molecule has 0 bridgehead atoms. The van der Waals surface area contributed by atoms with Gasteiger partial charge in [-0.25, -0.2) is 0 Å². The minimum Gasteiger partial charge on any atom is -0.378 e. The van der Waals surface area contributed by atoms with Gasteiger partial charge in [-0.05, 0) is 44.7 Å². The van der Waals surface area contributed by atoms with Gasteiger partial charge in [0.15, 0.2) is 0 Å². The molecule has 1 aromatic rings. The maximum Gasteiger partial charge on any atom is 0.220 e. The fraction of sp³-hybridized carbons (Fsp3) is 0.684. The second kappa shape index (κ2) is 7.43. The van der Waals surface area contributed by atoms with Crippen molar-refractivity contribution in [2.24, 2.45) is 5.41 Å². The summed E-state index contributed by atoms with van der Waals surface area (Å²) in [6, 6.07) is 6.15. The third-order valence-electron chi connectivity index (χ3n) is 5.61. The topological polar surface area (TPSA) is 51.2 Å². The Morgan fingerprint density at radius 2 is 2.17 bits per heavy atom. The number of pyridine rings is 1. The number of ether oxygens (including phenoxy) is 1. The van der Waals surface area contributed by atoms with Crippen LogP contribution < -0.4 is 5.32 Å². The summed E-state index contributed by atoms with van der Waals surface area (Å²) in [4.78, 5) is 16.6. The number of nitrogens with one attached hydrogen (secondary N) is 1. The first kappa shape index (κ1) is 16.4. The lowest BCUT2D eigenvalue weighted by atomic mass is 9.55. The zero-order valence-corrected chi connectivity index (χ0v) is 14.1. The van der Waals surface area contributed by atoms with Gasteiger partial charge in [0.05, 0.1) is 6.10 Å². The van der Waals surface area contributed by atoms with Gasteiger partial charge in [0, 0.05) is 36.4 Å². The summed E-state index contributed by atoms with van der Waals surface area (Å²) >= 11 is 0. The van der Waals surface area contributed by atoms with Crippen molar-refractivity contribution in [3.8, 4) is 0 Å². The van der Waals surface area contributed by atoms with E-state index in [1.807, 2.05) is 18.2 Å². The summed E-state index contributed by atoms with van der Waals surface area (Å²) in [5.41, 5.74) is 1.19. The highest BCUT2D eigenvalue weighted by atomic mass is 16.5. The molecule has 2 atom stereocenters. The molecule has 1 amide bonds. The minimum absolute atomic E-state index is 0.153. The predicted molar refractivity (Wildman–Crippen MR) is 90.0 cm³/mol. The van der Waals surface area contributed by atoms with Crippen LogP contribution in [0.4, 0.5) is 0 Å². The molecule has 23 heavy (non-hydrogen) atoms. The van der Waals surface area contributed by atoms with Crippen molar-refractivity contribution in [3.05, 3.63) is 30.1 Å². The van der Waals surface area contributed by atoms with Gasteiger partial charge < -0.3 is 10.1 Å². The lowest BCUT2D eigenvalue weighted by molar-refractivity contribution is -0.157. The molecular weight excluding hydrogens is 288 g/mol. The Balaban J connectivity index is 1.53. The van der Waals surface area contributed by atoms with E-state index in [-0.39, 0.29) is 11.3 Å². The Morgan fingerprint density at radius 3 is 2.87 bits per heavy atom. The molecule has 0 saturated heterocycles. The number of carbonyl (C=O) groups excluding carboxylic acids is 1. The standard InChI is InChI=1S/C19H28N2O2/c1-2-23-17-14-16(19(17)11-5-3-6-12-19)21-18(22)10-9-15-8-4-7-13-20-15/h4,7-8,13,16-17H,2-3,5-6,9-12,14H2,1H3,(H,21,22)/t16-,17-/m0/s1. The molecule has 2 fully saturated rings. The van der Waals surface area contributed by atoms with Gasteiger partial charge >= 0.3 is 0 Å². The lowest BCUT2D eigenvalue weighted by Crippen LogP contribution is -2.65. The molecule has 0 aromatic carbocycles. The van der Waals surface area contributed by atoms with Crippen molar-refractivity contribution in [3.63, 3.8) is 0 Å². The Hall–Kier alpha value is -1.42. The first-order chi connectivity index (χ1) is 11.2. The molecule has 1 spiro atoms.